The van der Waals surface area contributed by atoms with Crippen LogP contribution in [0.3, 0.4) is 0 Å². The van der Waals surface area contributed by atoms with Gasteiger partial charge in [0.25, 0.3) is 0 Å². The topological polar surface area (TPSA) is 76.6 Å². The molecule has 0 saturated carbocycles. The van der Waals surface area contributed by atoms with Gasteiger partial charge >= 0.3 is 6.18 Å². The number of nitrogens with one attached hydrogen (secondary N) is 1. The molecule has 0 fully saturated rings. The summed E-state index contributed by atoms with van der Waals surface area (Å²) < 4.78 is 44.5. The normalized spacial score (nSPS) is 16.6. The van der Waals surface area contributed by atoms with Gasteiger partial charge in [0.05, 0.1) is 16.3 Å². The summed E-state index contributed by atoms with van der Waals surface area (Å²) in [6.07, 6.45) is -4.76. The number of H-pyrrole nitrogens is 1. The number of aromatic nitrogens is 5. The quantitative estimate of drug-likeness (QED) is 0.748. The van der Waals surface area contributed by atoms with E-state index < -0.39 is 17.8 Å². The maximum atomic E-state index is 12.9. The molecule has 6 nitrogen and oxygen atoms in total. The van der Waals surface area contributed by atoms with E-state index in [-0.39, 0.29) is 17.2 Å². The molecule has 4 rings (SSSR count). The zero-order valence-corrected chi connectivity index (χ0v) is 13.1. The smallest absolute Gasteiger partial charge is 0.416 e. The van der Waals surface area contributed by atoms with Crippen molar-refractivity contribution in [2.24, 2.45) is 0 Å². The molecular weight excluding hydrogens is 359 g/mol. The third-order valence-corrected chi connectivity index (χ3v) is 4.08. The van der Waals surface area contributed by atoms with Crippen molar-refractivity contribution in [3.8, 4) is 17.3 Å². The molecule has 1 aromatic carbocycles. The van der Waals surface area contributed by atoms with E-state index in [9.17, 15) is 13.2 Å². The lowest BCUT2D eigenvalue weighted by Gasteiger charge is -2.11. The second kappa shape index (κ2) is 5.69. The molecule has 1 N–H and O–H groups in total. The van der Waals surface area contributed by atoms with Crippen LogP contribution in [0, 0.1) is 0 Å². The summed E-state index contributed by atoms with van der Waals surface area (Å²) in [6.45, 7) is 0. The molecule has 1 aliphatic rings. The molecule has 3 aromatic rings. The second-order valence-electron chi connectivity index (χ2n) is 5.45. The number of fused-ring (bicyclic) bond motifs is 1. The number of alkyl halides is 3. The molecule has 25 heavy (non-hydrogen) atoms. The van der Waals surface area contributed by atoms with Crippen LogP contribution in [0.4, 0.5) is 13.2 Å². The van der Waals surface area contributed by atoms with Gasteiger partial charge in [-0.05, 0) is 34.7 Å². The highest BCUT2D eigenvalue weighted by molar-refractivity contribution is 6.32. The number of hydrogen-bond acceptors (Lipinski definition) is 5. The standard InChI is InChI=1S/C15H9ClF3N5O/c16-9-6-8(15(17,18)19)4-7-5-12(25-13(7)9)10-2-1-3-11(20-10)14-21-23-24-22-14/h1-4,6,12H,5H2,(H,21,22,23,24). The molecule has 0 spiro atoms. The van der Waals surface area contributed by atoms with Crippen molar-refractivity contribution in [2.45, 2.75) is 18.7 Å². The third-order valence-electron chi connectivity index (χ3n) is 3.80. The highest BCUT2D eigenvalue weighted by Crippen LogP contribution is 2.44. The molecule has 0 amide bonds. The first-order valence-corrected chi connectivity index (χ1v) is 7.57. The van der Waals surface area contributed by atoms with Crippen LogP contribution in [-0.2, 0) is 12.6 Å². The van der Waals surface area contributed by atoms with Crippen LogP contribution in [0.1, 0.15) is 22.9 Å². The lowest BCUT2D eigenvalue weighted by atomic mass is 10.0. The Morgan fingerprint density at radius 2 is 2.08 bits per heavy atom. The van der Waals surface area contributed by atoms with Crippen LogP contribution < -0.4 is 4.74 Å². The summed E-state index contributed by atoms with van der Waals surface area (Å²) in [5.41, 5.74) is 0.659. The van der Waals surface area contributed by atoms with Crippen molar-refractivity contribution in [2.75, 3.05) is 0 Å². The fourth-order valence-electron chi connectivity index (χ4n) is 2.68. The van der Waals surface area contributed by atoms with Crippen molar-refractivity contribution in [1.82, 2.24) is 25.6 Å². The van der Waals surface area contributed by atoms with Gasteiger partial charge in [-0.15, -0.1) is 5.10 Å². The lowest BCUT2D eigenvalue weighted by molar-refractivity contribution is -0.137. The van der Waals surface area contributed by atoms with Crippen molar-refractivity contribution in [3.63, 3.8) is 0 Å². The largest absolute Gasteiger partial charge is 0.482 e. The van der Waals surface area contributed by atoms with E-state index in [0.29, 0.717) is 22.8 Å². The molecule has 128 valence electrons. The zero-order chi connectivity index (χ0) is 17.6. The van der Waals surface area contributed by atoms with E-state index in [1.54, 1.807) is 18.2 Å². The summed E-state index contributed by atoms with van der Waals surface area (Å²) >= 11 is 5.97. The lowest BCUT2D eigenvalue weighted by Crippen LogP contribution is -2.06. The predicted octanol–water partition coefficient (Wildman–Crippen LogP) is 3.61. The summed E-state index contributed by atoms with van der Waals surface area (Å²) in [5, 5.41) is 13.3. The van der Waals surface area contributed by atoms with Gasteiger partial charge in [0.2, 0.25) is 0 Å². The Morgan fingerprint density at radius 3 is 2.80 bits per heavy atom. The summed E-state index contributed by atoms with van der Waals surface area (Å²) in [5.74, 6) is 0.642. The minimum atomic E-state index is -4.46. The first-order chi connectivity index (χ1) is 11.9. The number of halogens is 4. The van der Waals surface area contributed by atoms with Crippen LogP contribution in [0.5, 0.6) is 5.75 Å². The molecule has 0 aliphatic carbocycles. The Morgan fingerprint density at radius 1 is 1.24 bits per heavy atom. The van der Waals surface area contributed by atoms with Crippen LogP contribution >= 0.6 is 11.6 Å². The van der Waals surface area contributed by atoms with Gasteiger partial charge in [-0.1, -0.05) is 17.7 Å². The van der Waals surface area contributed by atoms with Crippen LogP contribution in [0.15, 0.2) is 30.3 Å². The molecule has 0 saturated heterocycles. The van der Waals surface area contributed by atoms with Crippen LogP contribution in [0.2, 0.25) is 5.02 Å². The monoisotopic (exact) mass is 367 g/mol. The molecule has 1 unspecified atom stereocenters. The van der Waals surface area contributed by atoms with Crippen LogP contribution in [-0.4, -0.2) is 25.6 Å². The van der Waals surface area contributed by atoms with E-state index in [2.05, 4.69) is 25.6 Å². The highest BCUT2D eigenvalue weighted by atomic mass is 35.5. The van der Waals surface area contributed by atoms with E-state index in [0.717, 1.165) is 12.1 Å². The number of pyridine rings is 1. The Hall–Kier alpha value is -2.68. The first kappa shape index (κ1) is 15.8. The first-order valence-electron chi connectivity index (χ1n) is 7.19. The van der Waals surface area contributed by atoms with Gasteiger partial charge in [-0.25, -0.2) is 10.1 Å². The van der Waals surface area contributed by atoms with E-state index in [1.807, 2.05) is 0 Å². The van der Waals surface area contributed by atoms with Crippen LogP contribution in [0.25, 0.3) is 11.5 Å². The van der Waals surface area contributed by atoms with Gasteiger partial charge in [-0.2, -0.15) is 13.2 Å². The minimum Gasteiger partial charge on any atom is -0.482 e. The van der Waals surface area contributed by atoms with Crippen molar-refractivity contribution >= 4 is 11.6 Å². The van der Waals surface area contributed by atoms with Crippen molar-refractivity contribution < 1.29 is 17.9 Å². The number of hydrogen-bond donors (Lipinski definition) is 1. The second-order valence-corrected chi connectivity index (χ2v) is 5.86. The fourth-order valence-corrected chi connectivity index (χ4v) is 2.96. The van der Waals surface area contributed by atoms with Crippen molar-refractivity contribution in [1.29, 1.82) is 0 Å². The number of benzene rings is 1. The molecule has 0 radical (unpaired) electrons. The van der Waals surface area contributed by atoms with Gasteiger partial charge in [0.15, 0.2) is 5.82 Å². The Balaban J connectivity index is 1.66. The number of ether oxygens (including phenoxy) is 1. The summed E-state index contributed by atoms with van der Waals surface area (Å²) in [6, 6.07) is 7.11. The number of tetrazole rings is 1. The third kappa shape index (κ3) is 2.91. The zero-order valence-electron chi connectivity index (χ0n) is 12.4. The number of nitrogens with zero attached hydrogens (tertiary/aromatic N) is 4. The highest BCUT2D eigenvalue weighted by Gasteiger charge is 2.35. The Kier molecular flexibility index (Phi) is 3.60. The van der Waals surface area contributed by atoms with E-state index in [4.69, 9.17) is 16.3 Å². The molecule has 0 bridgehead atoms. The van der Waals surface area contributed by atoms with Gasteiger partial charge in [0.1, 0.15) is 17.5 Å². The average Bonchev–Trinajstić information content (AvgIpc) is 3.24. The Labute approximate surface area is 144 Å². The summed E-state index contributed by atoms with van der Waals surface area (Å²) in [7, 11) is 0. The predicted molar refractivity (Wildman–Crippen MR) is 80.9 cm³/mol. The maximum Gasteiger partial charge on any atom is 0.416 e. The number of aromatic amines is 1. The maximum absolute atomic E-state index is 12.9. The molecule has 3 heterocycles. The molecule has 2 aromatic heterocycles. The van der Waals surface area contributed by atoms with Gasteiger partial charge in [0, 0.05) is 12.0 Å². The molecule has 1 atom stereocenters. The summed E-state index contributed by atoms with van der Waals surface area (Å²) in [4.78, 5) is 4.42. The van der Waals surface area contributed by atoms with Gasteiger partial charge in [-0.3, -0.25) is 0 Å². The minimum absolute atomic E-state index is 0.0667. The fraction of sp³-hybridized carbons (Fsp3) is 0.200. The van der Waals surface area contributed by atoms with E-state index in [1.165, 1.54) is 0 Å². The Bertz CT molecular complexity index is 929. The molecule has 1 aliphatic heterocycles. The molecular formula is C15H9ClF3N5O. The SMILES string of the molecule is FC(F)(F)c1cc(Cl)c2c(c1)CC(c1cccc(-c3nnn[nH]3)n1)O2. The van der Waals surface area contributed by atoms with Gasteiger partial charge < -0.3 is 4.74 Å². The average molecular weight is 368 g/mol. The number of rotatable bonds is 2. The van der Waals surface area contributed by atoms with Crippen molar-refractivity contribution in [3.05, 3.63) is 52.2 Å². The van der Waals surface area contributed by atoms with E-state index >= 15 is 0 Å². The molecule has 10 heteroatoms.